The molecule has 66 valence electrons. The maximum atomic E-state index is 11.2. The average molecular weight is 270 g/mol. The van der Waals surface area contributed by atoms with Crippen LogP contribution in [0.3, 0.4) is 0 Å². The van der Waals surface area contributed by atoms with Crippen LogP contribution in [0.15, 0.2) is 0 Å². The summed E-state index contributed by atoms with van der Waals surface area (Å²) < 4.78 is 5.80. The van der Waals surface area contributed by atoms with Gasteiger partial charge in [-0.1, -0.05) is 29.5 Å². The van der Waals surface area contributed by atoms with Gasteiger partial charge in [-0.2, -0.15) is 0 Å². The number of alkyl halides is 1. The highest BCUT2D eigenvalue weighted by molar-refractivity contribution is 14.1. The van der Waals surface area contributed by atoms with Crippen molar-refractivity contribution in [2.24, 2.45) is 5.41 Å². The van der Waals surface area contributed by atoms with E-state index in [0.717, 1.165) is 10.8 Å². The van der Waals surface area contributed by atoms with Crippen LogP contribution in [-0.4, -0.2) is 17.0 Å². The Morgan fingerprint density at radius 2 is 2.09 bits per heavy atom. The number of rotatable bonds is 4. The molecule has 0 aliphatic carbocycles. The lowest BCUT2D eigenvalue weighted by Crippen LogP contribution is -2.28. The zero-order chi connectivity index (χ0) is 8.91. The number of carbonyl (C=O) groups excluding carboxylic acids is 1. The number of hydrogen-bond donors (Lipinski definition) is 0. The molecule has 0 N–H and O–H groups in total. The van der Waals surface area contributed by atoms with Crippen LogP contribution in [0, 0.1) is 5.41 Å². The first kappa shape index (κ1) is 11.2. The maximum absolute atomic E-state index is 11.2. The molecule has 3 heteroatoms. The van der Waals surface area contributed by atoms with Crippen molar-refractivity contribution in [3.8, 4) is 0 Å². The van der Waals surface area contributed by atoms with Crippen LogP contribution in [0.1, 0.15) is 27.2 Å². The van der Waals surface area contributed by atoms with Gasteiger partial charge in [0.15, 0.2) is 0 Å². The van der Waals surface area contributed by atoms with Gasteiger partial charge in [0.05, 0.1) is 12.0 Å². The highest BCUT2D eigenvalue weighted by atomic mass is 127. The van der Waals surface area contributed by atoms with Gasteiger partial charge in [0, 0.05) is 4.43 Å². The van der Waals surface area contributed by atoms with Gasteiger partial charge < -0.3 is 4.74 Å². The van der Waals surface area contributed by atoms with Crippen LogP contribution in [0.25, 0.3) is 0 Å². The quantitative estimate of drug-likeness (QED) is 0.445. The fraction of sp³-hybridized carbons (Fsp3) is 0.875. The molecule has 0 fully saturated rings. The fourth-order valence-corrected chi connectivity index (χ4v) is 0.756. The Kier molecular flexibility index (Phi) is 5.04. The second-order valence-electron chi connectivity index (χ2n) is 3.15. The minimum absolute atomic E-state index is 0.0891. The summed E-state index contributed by atoms with van der Waals surface area (Å²) in [6.07, 6.45) is 0.892. The van der Waals surface area contributed by atoms with E-state index in [2.05, 4.69) is 22.6 Å². The van der Waals surface area contributed by atoms with Crippen LogP contribution in [-0.2, 0) is 9.53 Å². The molecule has 0 saturated heterocycles. The molecule has 0 spiro atoms. The van der Waals surface area contributed by atoms with Crippen molar-refractivity contribution >= 4 is 28.6 Å². The second-order valence-corrected chi connectivity index (χ2v) is 3.92. The predicted octanol–water partition coefficient (Wildman–Crippen LogP) is 2.40. The first-order valence-corrected chi connectivity index (χ1v) is 5.30. The van der Waals surface area contributed by atoms with Gasteiger partial charge in [-0.05, 0) is 20.3 Å². The topological polar surface area (TPSA) is 26.3 Å². The molecular weight excluding hydrogens is 255 g/mol. The normalized spacial score (nSPS) is 11.3. The van der Waals surface area contributed by atoms with Crippen molar-refractivity contribution in [1.82, 2.24) is 0 Å². The molecule has 0 saturated carbocycles. The molecule has 0 aromatic carbocycles. The third-order valence-electron chi connectivity index (χ3n) is 1.32. The van der Waals surface area contributed by atoms with Crippen molar-refractivity contribution in [2.45, 2.75) is 27.2 Å². The lowest BCUT2D eigenvalue weighted by atomic mass is 9.97. The number of esters is 1. The van der Waals surface area contributed by atoms with Crippen molar-refractivity contribution in [1.29, 1.82) is 0 Å². The SMILES string of the molecule is CCCOC(=O)C(C)(C)CI. The summed E-state index contributed by atoms with van der Waals surface area (Å²) in [5.41, 5.74) is -0.324. The Bertz CT molecular complexity index is 132. The van der Waals surface area contributed by atoms with Crippen LogP contribution in [0.2, 0.25) is 0 Å². The summed E-state index contributed by atoms with van der Waals surface area (Å²) in [7, 11) is 0. The number of carbonyl (C=O) groups is 1. The highest BCUT2D eigenvalue weighted by Gasteiger charge is 2.27. The van der Waals surface area contributed by atoms with Gasteiger partial charge in [-0.25, -0.2) is 0 Å². The van der Waals surface area contributed by atoms with Crippen molar-refractivity contribution in [3.63, 3.8) is 0 Å². The Morgan fingerprint density at radius 1 is 1.55 bits per heavy atom. The Labute approximate surface area is 81.8 Å². The first-order chi connectivity index (χ1) is 5.04. The summed E-state index contributed by atoms with van der Waals surface area (Å²) in [5, 5.41) is 0. The number of hydrogen-bond acceptors (Lipinski definition) is 2. The molecule has 0 bridgehead atoms. The third-order valence-corrected chi connectivity index (χ3v) is 3.23. The van der Waals surface area contributed by atoms with E-state index >= 15 is 0 Å². The van der Waals surface area contributed by atoms with E-state index in [9.17, 15) is 4.79 Å². The van der Waals surface area contributed by atoms with Crippen molar-refractivity contribution in [2.75, 3.05) is 11.0 Å². The van der Waals surface area contributed by atoms with Crippen LogP contribution in [0.4, 0.5) is 0 Å². The molecule has 11 heavy (non-hydrogen) atoms. The van der Waals surface area contributed by atoms with Gasteiger partial charge in [-0.3, -0.25) is 4.79 Å². The Morgan fingerprint density at radius 3 is 2.45 bits per heavy atom. The number of ether oxygens (including phenoxy) is 1. The summed E-state index contributed by atoms with van der Waals surface area (Å²) in [6.45, 7) is 6.33. The lowest BCUT2D eigenvalue weighted by molar-refractivity contribution is -0.152. The third kappa shape index (κ3) is 3.94. The molecule has 0 rings (SSSR count). The standard InChI is InChI=1S/C8H15IO2/c1-4-5-11-7(10)8(2,3)6-9/h4-6H2,1-3H3. The lowest BCUT2D eigenvalue weighted by Gasteiger charge is -2.18. The Balaban J connectivity index is 3.82. The molecule has 0 amide bonds. The summed E-state index contributed by atoms with van der Waals surface area (Å²) in [4.78, 5) is 11.2. The van der Waals surface area contributed by atoms with E-state index in [1.807, 2.05) is 20.8 Å². The fourth-order valence-electron chi connectivity index (χ4n) is 0.445. The zero-order valence-corrected chi connectivity index (χ0v) is 9.47. The highest BCUT2D eigenvalue weighted by Crippen LogP contribution is 2.20. The van der Waals surface area contributed by atoms with E-state index in [4.69, 9.17) is 4.74 Å². The summed E-state index contributed by atoms with van der Waals surface area (Å²) in [5.74, 6) is -0.0891. The van der Waals surface area contributed by atoms with E-state index in [-0.39, 0.29) is 11.4 Å². The maximum Gasteiger partial charge on any atom is 0.312 e. The molecule has 0 aromatic rings. The molecule has 0 heterocycles. The first-order valence-electron chi connectivity index (χ1n) is 3.77. The van der Waals surface area contributed by atoms with E-state index < -0.39 is 0 Å². The molecule has 0 atom stereocenters. The second kappa shape index (κ2) is 4.95. The van der Waals surface area contributed by atoms with Gasteiger partial charge >= 0.3 is 5.97 Å². The monoisotopic (exact) mass is 270 g/mol. The smallest absolute Gasteiger partial charge is 0.312 e. The van der Waals surface area contributed by atoms with Crippen LogP contribution >= 0.6 is 22.6 Å². The zero-order valence-electron chi connectivity index (χ0n) is 7.32. The summed E-state index contributed by atoms with van der Waals surface area (Å²) in [6, 6.07) is 0. The Hall–Kier alpha value is 0.200. The van der Waals surface area contributed by atoms with E-state index in [0.29, 0.717) is 6.61 Å². The van der Waals surface area contributed by atoms with Gasteiger partial charge in [0.1, 0.15) is 0 Å². The van der Waals surface area contributed by atoms with Gasteiger partial charge in [0.2, 0.25) is 0 Å². The van der Waals surface area contributed by atoms with Crippen LogP contribution in [0.5, 0.6) is 0 Å². The molecule has 0 aromatic heterocycles. The molecule has 0 radical (unpaired) electrons. The van der Waals surface area contributed by atoms with Crippen molar-refractivity contribution in [3.05, 3.63) is 0 Å². The minimum Gasteiger partial charge on any atom is -0.465 e. The van der Waals surface area contributed by atoms with Gasteiger partial charge in [-0.15, -0.1) is 0 Å². The predicted molar refractivity (Wildman–Crippen MR) is 53.9 cm³/mol. The average Bonchev–Trinajstić information content (AvgIpc) is 2.00. The van der Waals surface area contributed by atoms with Crippen molar-refractivity contribution < 1.29 is 9.53 Å². The minimum atomic E-state index is -0.324. The molecular formula is C8H15IO2. The van der Waals surface area contributed by atoms with Gasteiger partial charge in [0.25, 0.3) is 0 Å². The largest absolute Gasteiger partial charge is 0.465 e. The summed E-state index contributed by atoms with van der Waals surface area (Å²) >= 11 is 2.20. The molecule has 0 unspecified atom stereocenters. The molecule has 2 nitrogen and oxygen atoms in total. The molecule has 0 aliphatic heterocycles. The van der Waals surface area contributed by atoms with E-state index in [1.54, 1.807) is 0 Å². The van der Waals surface area contributed by atoms with Crippen LogP contribution < -0.4 is 0 Å². The molecule has 0 aliphatic rings. The number of halogens is 1. The van der Waals surface area contributed by atoms with E-state index in [1.165, 1.54) is 0 Å².